The van der Waals surface area contributed by atoms with Crippen molar-refractivity contribution in [1.29, 1.82) is 0 Å². The molecule has 136 valence electrons. The van der Waals surface area contributed by atoms with Gasteiger partial charge in [-0.1, -0.05) is 0 Å². The zero-order valence-corrected chi connectivity index (χ0v) is 13.8. The van der Waals surface area contributed by atoms with Gasteiger partial charge in [0.1, 0.15) is 13.2 Å². The van der Waals surface area contributed by atoms with E-state index in [0.717, 1.165) is 23.4 Å². The standard InChI is InChI=1S/C17H16F2N4O3/c18-12-2-1-10(7-13(12)19)16-11-8-22(4-3-14(11)20-21-16)15(24)9-23-5-6-26-17(23)25/h1-2,7H,3-6,8-9H2,(H,20,21). The number of cyclic esters (lactones) is 1. The molecule has 9 heteroatoms. The third-order valence-electron chi connectivity index (χ3n) is 4.65. The number of halogens is 2. The number of rotatable bonds is 3. The molecule has 1 saturated heterocycles. The van der Waals surface area contributed by atoms with Crippen LogP contribution in [-0.4, -0.2) is 58.2 Å². The molecule has 0 unspecified atom stereocenters. The van der Waals surface area contributed by atoms with Crippen molar-refractivity contribution in [1.82, 2.24) is 20.0 Å². The molecular formula is C17H16F2N4O3. The predicted molar refractivity (Wildman–Crippen MR) is 86.0 cm³/mol. The van der Waals surface area contributed by atoms with Crippen molar-refractivity contribution < 1.29 is 23.1 Å². The van der Waals surface area contributed by atoms with Gasteiger partial charge in [0.2, 0.25) is 5.91 Å². The van der Waals surface area contributed by atoms with Crippen molar-refractivity contribution in [3.8, 4) is 11.3 Å². The van der Waals surface area contributed by atoms with Crippen molar-refractivity contribution in [2.75, 3.05) is 26.2 Å². The van der Waals surface area contributed by atoms with E-state index in [1.807, 2.05) is 0 Å². The van der Waals surface area contributed by atoms with Crippen LogP contribution in [0.4, 0.5) is 13.6 Å². The Hall–Kier alpha value is -2.97. The normalized spacial score (nSPS) is 16.6. The number of hydrogen-bond acceptors (Lipinski definition) is 4. The molecule has 0 saturated carbocycles. The molecule has 4 rings (SSSR count). The Kier molecular flexibility index (Phi) is 4.06. The van der Waals surface area contributed by atoms with Crippen LogP contribution in [0.5, 0.6) is 0 Å². The van der Waals surface area contributed by atoms with Crippen LogP contribution < -0.4 is 0 Å². The third kappa shape index (κ3) is 2.89. The number of aromatic amines is 1. The number of benzene rings is 1. The Balaban J connectivity index is 1.54. The zero-order chi connectivity index (χ0) is 18.3. The van der Waals surface area contributed by atoms with Crippen LogP contribution >= 0.6 is 0 Å². The van der Waals surface area contributed by atoms with Gasteiger partial charge in [-0.05, 0) is 18.2 Å². The number of carbonyl (C=O) groups is 2. The summed E-state index contributed by atoms with van der Waals surface area (Å²) in [4.78, 5) is 27.0. The lowest BCUT2D eigenvalue weighted by molar-refractivity contribution is -0.132. The van der Waals surface area contributed by atoms with Crippen LogP contribution in [0.3, 0.4) is 0 Å². The molecule has 2 aliphatic heterocycles. The average Bonchev–Trinajstić information content (AvgIpc) is 3.23. The molecule has 0 aliphatic carbocycles. The van der Waals surface area contributed by atoms with E-state index in [2.05, 4.69) is 10.2 Å². The molecule has 0 atom stereocenters. The summed E-state index contributed by atoms with van der Waals surface area (Å²) in [6.07, 6.45) is 0.0872. The monoisotopic (exact) mass is 362 g/mol. The van der Waals surface area contributed by atoms with Crippen molar-refractivity contribution in [2.45, 2.75) is 13.0 Å². The maximum absolute atomic E-state index is 13.5. The maximum atomic E-state index is 13.5. The molecule has 1 N–H and O–H groups in total. The van der Waals surface area contributed by atoms with Gasteiger partial charge in [0, 0.05) is 36.3 Å². The molecule has 0 spiro atoms. The smallest absolute Gasteiger partial charge is 0.410 e. The molecule has 1 aromatic carbocycles. The van der Waals surface area contributed by atoms with Crippen molar-refractivity contribution in [3.05, 3.63) is 41.1 Å². The number of hydrogen-bond donors (Lipinski definition) is 1. The molecule has 2 amide bonds. The van der Waals surface area contributed by atoms with Gasteiger partial charge in [-0.15, -0.1) is 0 Å². The Morgan fingerprint density at radius 2 is 2.12 bits per heavy atom. The minimum Gasteiger partial charge on any atom is -0.448 e. The van der Waals surface area contributed by atoms with E-state index >= 15 is 0 Å². The number of nitrogens with one attached hydrogen (secondary N) is 1. The van der Waals surface area contributed by atoms with Gasteiger partial charge in [0.15, 0.2) is 11.6 Å². The number of fused-ring (bicyclic) bond motifs is 1. The molecule has 0 bridgehead atoms. The molecule has 1 fully saturated rings. The van der Waals surface area contributed by atoms with Gasteiger partial charge in [-0.3, -0.25) is 14.8 Å². The van der Waals surface area contributed by atoms with Crippen LogP contribution in [0.2, 0.25) is 0 Å². The molecule has 2 aliphatic rings. The van der Waals surface area contributed by atoms with Crippen molar-refractivity contribution in [2.24, 2.45) is 0 Å². The highest BCUT2D eigenvalue weighted by Crippen LogP contribution is 2.29. The van der Waals surface area contributed by atoms with E-state index in [1.165, 1.54) is 11.0 Å². The largest absolute Gasteiger partial charge is 0.448 e. The number of ether oxygens (including phenoxy) is 1. The van der Waals surface area contributed by atoms with E-state index in [4.69, 9.17) is 4.74 Å². The first-order chi connectivity index (χ1) is 12.5. The highest BCUT2D eigenvalue weighted by Gasteiger charge is 2.30. The number of aromatic nitrogens is 2. The topological polar surface area (TPSA) is 78.5 Å². The van der Waals surface area contributed by atoms with Gasteiger partial charge in [0.05, 0.1) is 12.2 Å². The summed E-state index contributed by atoms with van der Waals surface area (Å²) in [5.74, 6) is -2.06. The Bertz CT molecular complexity index is 883. The quantitative estimate of drug-likeness (QED) is 0.901. The van der Waals surface area contributed by atoms with E-state index in [1.54, 1.807) is 4.90 Å². The maximum Gasteiger partial charge on any atom is 0.410 e. The summed E-state index contributed by atoms with van der Waals surface area (Å²) >= 11 is 0. The first kappa shape index (κ1) is 16.5. The summed E-state index contributed by atoms with van der Waals surface area (Å²) in [5, 5.41) is 7.12. The second-order valence-corrected chi connectivity index (χ2v) is 6.26. The van der Waals surface area contributed by atoms with E-state index < -0.39 is 17.7 Å². The minimum atomic E-state index is -0.949. The van der Waals surface area contributed by atoms with Gasteiger partial charge in [-0.25, -0.2) is 13.6 Å². The summed E-state index contributed by atoms with van der Waals surface area (Å²) in [5.41, 5.74) is 2.59. The van der Waals surface area contributed by atoms with E-state index in [9.17, 15) is 18.4 Å². The highest BCUT2D eigenvalue weighted by molar-refractivity contribution is 5.83. The molecule has 1 aromatic heterocycles. The molecular weight excluding hydrogens is 346 g/mol. The lowest BCUT2D eigenvalue weighted by Gasteiger charge is -2.28. The van der Waals surface area contributed by atoms with Crippen LogP contribution in [0, 0.1) is 11.6 Å². The second kappa shape index (κ2) is 6.40. The SMILES string of the molecule is O=C(CN1CCOC1=O)N1CCc2[nH]nc(-c3ccc(F)c(F)c3)c2C1. The zero-order valence-electron chi connectivity index (χ0n) is 13.8. The van der Waals surface area contributed by atoms with Crippen LogP contribution in [-0.2, 0) is 22.5 Å². The molecule has 2 aromatic rings. The van der Waals surface area contributed by atoms with Crippen molar-refractivity contribution in [3.63, 3.8) is 0 Å². The Morgan fingerprint density at radius 1 is 1.27 bits per heavy atom. The molecule has 26 heavy (non-hydrogen) atoms. The van der Waals surface area contributed by atoms with Crippen molar-refractivity contribution >= 4 is 12.0 Å². The van der Waals surface area contributed by atoms with Gasteiger partial charge >= 0.3 is 6.09 Å². The summed E-state index contributed by atoms with van der Waals surface area (Å²) in [6.45, 7) is 1.44. The molecule has 7 nitrogen and oxygen atoms in total. The summed E-state index contributed by atoms with van der Waals surface area (Å²) < 4.78 is 31.5. The molecule has 3 heterocycles. The number of nitrogens with zero attached hydrogens (tertiary/aromatic N) is 3. The van der Waals surface area contributed by atoms with E-state index in [0.29, 0.717) is 37.3 Å². The van der Waals surface area contributed by atoms with E-state index in [-0.39, 0.29) is 19.1 Å². The van der Waals surface area contributed by atoms with Crippen LogP contribution in [0.25, 0.3) is 11.3 Å². The fourth-order valence-electron chi connectivity index (χ4n) is 3.22. The minimum absolute atomic E-state index is 0.0352. The number of H-pyrrole nitrogens is 1. The second-order valence-electron chi connectivity index (χ2n) is 6.26. The summed E-state index contributed by atoms with van der Waals surface area (Å²) in [7, 11) is 0. The first-order valence-corrected chi connectivity index (χ1v) is 8.24. The summed E-state index contributed by atoms with van der Waals surface area (Å²) in [6, 6.07) is 3.60. The Labute approximate surface area is 147 Å². The van der Waals surface area contributed by atoms with Gasteiger partial charge < -0.3 is 9.64 Å². The number of carbonyl (C=O) groups excluding carboxylic acids is 2. The van der Waals surface area contributed by atoms with Crippen LogP contribution in [0.1, 0.15) is 11.3 Å². The van der Waals surface area contributed by atoms with Gasteiger partial charge in [0.25, 0.3) is 0 Å². The lowest BCUT2D eigenvalue weighted by atomic mass is 10.0. The fourth-order valence-corrected chi connectivity index (χ4v) is 3.22. The Morgan fingerprint density at radius 3 is 2.85 bits per heavy atom. The lowest BCUT2D eigenvalue weighted by Crippen LogP contribution is -2.43. The van der Waals surface area contributed by atoms with Crippen LogP contribution in [0.15, 0.2) is 18.2 Å². The average molecular weight is 362 g/mol. The number of amides is 2. The van der Waals surface area contributed by atoms with Gasteiger partial charge in [-0.2, -0.15) is 5.10 Å². The first-order valence-electron chi connectivity index (χ1n) is 8.24. The fraction of sp³-hybridized carbons (Fsp3) is 0.353. The predicted octanol–water partition coefficient (Wildman–Crippen LogP) is 1.69. The molecule has 0 radical (unpaired) electrons. The highest BCUT2D eigenvalue weighted by atomic mass is 19.2. The third-order valence-corrected chi connectivity index (χ3v) is 4.65.